The highest BCUT2D eigenvalue weighted by Crippen LogP contribution is 2.49. The molecule has 3 unspecified atom stereocenters. The summed E-state index contributed by atoms with van der Waals surface area (Å²) in [7, 11) is 0. The standard InChI is InChI=1S/C17H20O2/c18-16(10-15-8-11-1-2-12(15)7-11)13-3-4-17-14(9-13)5-6-19-17/h3-4,9,11-12,15H,1-2,5-8,10H2. The second-order valence-electron chi connectivity index (χ2n) is 6.48. The molecule has 0 saturated heterocycles. The fraction of sp³-hybridized carbons (Fsp3) is 0.588. The molecule has 2 heteroatoms. The van der Waals surface area contributed by atoms with E-state index in [2.05, 4.69) is 6.07 Å². The number of carbonyl (C=O) groups is 1. The molecule has 1 aliphatic heterocycles. The van der Waals surface area contributed by atoms with Gasteiger partial charge in [-0.1, -0.05) is 6.42 Å². The van der Waals surface area contributed by atoms with Gasteiger partial charge in [0.25, 0.3) is 0 Å². The van der Waals surface area contributed by atoms with Gasteiger partial charge in [-0.25, -0.2) is 0 Å². The fourth-order valence-corrected chi connectivity index (χ4v) is 4.34. The molecule has 0 radical (unpaired) electrons. The summed E-state index contributed by atoms with van der Waals surface area (Å²) >= 11 is 0. The normalized spacial score (nSPS) is 31.3. The molecular formula is C17H20O2. The van der Waals surface area contributed by atoms with Crippen LogP contribution in [-0.2, 0) is 6.42 Å². The summed E-state index contributed by atoms with van der Waals surface area (Å²) in [6.07, 6.45) is 7.16. The minimum absolute atomic E-state index is 0.340. The van der Waals surface area contributed by atoms with E-state index in [0.29, 0.717) is 11.7 Å². The first-order chi connectivity index (χ1) is 9.29. The first kappa shape index (κ1) is 11.5. The molecule has 0 aromatic heterocycles. The van der Waals surface area contributed by atoms with Gasteiger partial charge in [-0.2, -0.15) is 0 Å². The van der Waals surface area contributed by atoms with Gasteiger partial charge in [-0.05, 0) is 60.8 Å². The van der Waals surface area contributed by atoms with Crippen LogP contribution in [0.3, 0.4) is 0 Å². The van der Waals surface area contributed by atoms with Crippen LogP contribution in [0, 0.1) is 17.8 Å². The van der Waals surface area contributed by atoms with E-state index < -0.39 is 0 Å². The molecule has 100 valence electrons. The molecule has 4 rings (SSSR count). The van der Waals surface area contributed by atoms with E-state index in [0.717, 1.165) is 42.6 Å². The number of fused-ring (bicyclic) bond motifs is 3. The summed E-state index contributed by atoms with van der Waals surface area (Å²) in [5.74, 6) is 3.74. The lowest BCUT2D eigenvalue weighted by Crippen LogP contribution is -2.15. The minimum Gasteiger partial charge on any atom is -0.493 e. The van der Waals surface area contributed by atoms with E-state index >= 15 is 0 Å². The SMILES string of the molecule is O=C(CC1CC2CCC1C2)c1ccc2c(c1)CCO2. The van der Waals surface area contributed by atoms with E-state index in [1.54, 1.807) is 0 Å². The number of hydrogen-bond acceptors (Lipinski definition) is 2. The lowest BCUT2D eigenvalue weighted by Gasteiger charge is -2.20. The molecule has 1 aromatic carbocycles. The van der Waals surface area contributed by atoms with Crippen molar-refractivity contribution in [1.29, 1.82) is 0 Å². The molecule has 2 bridgehead atoms. The topological polar surface area (TPSA) is 26.3 Å². The van der Waals surface area contributed by atoms with Gasteiger partial charge in [0, 0.05) is 18.4 Å². The molecule has 0 spiro atoms. The molecule has 2 fully saturated rings. The largest absolute Gasteiger partial charge is 0.493 e. The summed E-state index contributed by atoms with van der Waals surface area (Å²) in [5.41, 5.74) is 2.10. The maximum Gasteiger partial charge on any atom is 0.163 e. The van der Waals surface area contributed by atoms with E-state index in [1.165, 1.54) is 31.2 Å². The Morgan fingerprint density at radius 2 is 2.21 bits per heavy atom. The lowest BCUT2D eigenvalue weighted by atomic mass is 9.84. The number of rotatable bonds is 3. The highest BCUT2D eigenvalue weighted by molar-refractivity contribution is 5.96. The first-order valence-electron chi connectivity index (χ1n) is 7.58. The van der Waals surface area contributed by atoms with Gasteiger partial charge >= 0.3 is 0 Å². The molecule has 3 atom stereocenters. The van der Waals surface area contributed by atoms with Gasteiger partial charge in [0.15, 0.2) is 5.78 Å². The highest BCUT2D eigenvalue weighted by atomic mass is 16.5. The van der Waals surface area contributed by atoms with Crippen LogP contribution in [0.1, 0.15) is 48.0 Å². The number of ether oxygens (including phenoxy) is 1. The average molecular weight is 256 g/mol. The number of ketones is 1. The molecule has 2 saturated carbocycles. The highest BCUT2D eigenvalue weighted by Gasteiger charge is 2.40. The molecule has 2 nitrogen and oxygen atoms in total. The third-order valence-corrected chi connectivity index (χ3v) is 5.34. The zero-order valence-corrected chi connectivity index (χ0v) is 11.2. The van der Waals surface area contributed by atoms with Crippen LogP contribution in [0.25, 0.3) is 0 Å². The Kier molecular flexibility index (Phi) is 2.64. The lowest BCUT2D eigenvalue weighted by molar-refractivity contribution is 0.0944. The predicted molar refractivity (Wildman–Crippen MR) is 73.5 cm³/mol. The Bertz CT molecular complexity index is 520. The number of hydrogen-bond donors (Lipinski definition) is 0. The Hall–Kier alpha value is -1.31. The molecule has 0 N–H and O–H groups in total. The van der Waals surface area contributed by atoms with Crippen LogP contribution in [0.2, 0.25) is 0 Å². The quantitative estimate of drug-likeness (QED) is 0.772. The number of benzene rings is 1. The zero-order chi connectivity index (χ0) is 12.8. The van der Waals surface area contributed by atoms with Crippen molar-refractivity contribution in [3.63, 3.8) is 0 Å². The smallest absolute Gasteiger partial charge is 0.163 e. The molecule has 1 heterocycles. The zero-order valence-electron chi connectivity index (χ0n) is 11.2. The van der Waals surface area contributed by atoms with Gasteiger partial charge in [0.2, 0.25) is 0 Å². The van der Waals surface area contributed by atoms with Crippen molar-refractivity contribution in [3.8, 4) is 5.75 Å². The monoisotopic (exact) mass is 256 g/mol. The molecular weight excluding hydrogens is 236 g/mol. The third kappa shape index (κ3) is 1.98. The first-order valence-corrected chi connectivity index (χ1v) is 7.58. The number of Topliss-reactive ketones (excluding diaryl/α,β-unsaturated/α-hetero) is 1. The van der Waals surface area contributed by atoms with Crippen molar-refractivity contribution < 1.29 is 9.53 Å². The van der Waals surface area contributed by atoms with Gasteiger partial charge in [0.05, 0.1) is 6.61 Å². The fourth-order valence-electron chi connectivity index (χ4n) is 4.34. The van der Waals surface area contributed by atoms with Gasteiger partial charge in [0.1, 0.15) is 5.75 Å². The maximum atomic E-state index is 12.4. The second kappa shape index (κ2) is 4.36. The van der Waals surface area contributed by atoms with Crippen LogP contribution in [-0.4, -0.2) is 12.4 Å². The summed E-state index contributed by atoms with van der Waals surface area (Å²) < 4.78 is 5.50. The Balaban J connectivity index is 1.48. The summed E-state index contributed by atoms with van der Waals surface area (Å²) in [4.78, 5) is 12.4. The van der Waals surface area contributed by atoms with Gasteiger partial charge in [-0.3, -0.25) is 4.79 Å². The molecule has 3 aliphatic rings. The van der Waals surface area contributed by atoms with Crippen molar-refractivity contribution in [2.24, 2.45) is 17.8 Å². The van der Waals surface area contributed by atoms with Crippen LogP contribution in [0.5, 0.6) is 5.75 Å². The van der Waals surface area contributed by atoms with E-state index in [4.69, 9.17) is 4.74 Å². The molecule has 0 amide bonds. The van der Waals surface area contributed by atoms with Crippen molar-refractivity contribution in [2.45, 2.75) is 38.5 Å². The number of carbonyl (C=O) groups excluding carboxylic acids is 1. The summed E-state index contributed by atoms with van der Waals surface area (Å²) in [6, 6.07) is 5.97. The van der Waals surface area contributed by atoms with Crippen molar-refractivity contribution >= 4 is 5.78 Å². The van der Waals surface area contributed by atoms with Crippen molar-refractivity contribution in [1.82, 2.24) is 0 Å². The second-order valence-corrected chi connectivity index (χ2v) is 6.48. The third-order valence-electron chi connectivity index (χ3n) is 5.34. The van der Waals surface area contributed by atoms with Crippen LogP contribution < -0.4 is 4.74 Å². The van der Waals surface area contributed by atoms with E-state index in [1.807, 2.05) is 12.1 Å². The Morgan fingerprint density at radius 3 is 3.00 bits per heavy atom. The van der Waals surface area contributed by atoms with E-state index in [9.17, 15) is 4.79 Å². The van der Waals surface area contributed by atoms with Crippen LogP contribution >= 0.6 is 0 Å². The average Bonchev–Trinajstić information content (AvgIpc) is 3.13. The van der Waals surface area contributed by atoms with Crippen molar-refractivity contribution in [3.05, 3.63) is 29.3 Å². The molecule has 1 aromatic rings. The van der Waals surface area contributed by atoms with Gasteiger partial charge in [-0.15, -0.1) is 0 Å². The summed E-state index contributed by atoms with van der Waals surface area (Å²) in [5, 5.41) is 0. The van der Waals surface area contributed by atoms with E-state index in [-0.39, 0.29) is 0 Å². The van der Waals surface area contributed by atoms with Crippen molar-refractivity contribution in [2.75, 3.05) is 6.61 Å². The Morgan fingerprint density at radius 1 is 1.26 bits per heavy atom. The molecule has 2 aliphatic carbocycles. The minimum atomic E-state index is 0.340. The van der Waals surface area contributed by atoms with Gasteiger partial charge < -0.3 is 4.74 Å². The maximum absolute atomic E-state index is 12.4. The van der Waals surface area contributed by atoms with Crippen LogP contribution in [0.15, 0.2) is 18.2 Å². The predicted octanol–water partition coefficient (Wildman–Crippen LogP) is 3.63. The Labute approximate surface area is 114 Å². The van der Waals surface area contributed by atoms with Crippen LogP contribution in [0.4, 0.5) is 0 Å². The molecule has 19 heavy (non-hydrogen) atoms. The summed E-state index contributed by atoms with van der Waals surface area (Å²) in [6.45, 7) is 0.763.